The fraction of sp³-hybridized carbons (Fsp3) is 0.556. The summed E-state index contributed by atoms with van der Waals surface area (Å²) in [6.07, 6.45) is -0.679. The van der Waals surface area contributed by atoms with Crippen LogP contribution < -0.4 is 0 Å². The number of aliphatic hydroxyl groups is 1. The van der Waals surface area contributed by atoms with Crippen LogP contribution in [-0.4, -0.2) is 37.5 Å². The zero-order chi connectivity index (χ0) is 12.5. The lowest BCUT2D eigenvalue weighted by atomic mass is 10.4. The first kappa shape index (κ1) is 14.1. The molecule has 1 atom stereocenters. The number of likely N-dealkylation sites (N-methyl/N-ethyl adjacent to an activating group) is 1. The molecular formula is C9H14BrNO3S2. The molecule has 0 aliphatic rings. The smallest absolute Gasteiger partial charge is 0.244 e. The highest BCUT2D eigenvalue weighted by molar-refractivity contribution is 9.11. The first-order chi connectivity index (χ1) is 7.25. The van der Waals surface area contributed by atoms with Crippen molar-refractivity contribution in [3.8, 4) is 0 Å². The van der Waals surface area contributed by atoms with Crippen LogP contribution in [0.3, 0.4) is 0 Å². The van der Waals surface area contributed by atoms with E-state index in [1.165, 1.54) is 22.7 Å². The molecular weight excluding hydrogens is 314 g/mol. The Labute approximate surface area is 108 Å². The topological polar surface area (TPSA) is 57.6 Å². The summed E-state index contributed by atoms with van der Waals surface area (Å²) >= 11 is 4.64. The van der Waals surface area contributed by atoms with Crippen molar-refractivity contribution in [3.05, 3.63) is 14.7 Å². The van der Waals surface area contributed by atoms with Crippen LogP contribution in [0.25, 0.3) is 0 Å². The highest BCUT2D eigenvalue weighted by atomic mass is 79.9. The minimum absolute atomic E-state index is 0.0925. The van der Waals surface area contributed by atoms with Gasteiger partial charge in [0.25, 0.3) is 0 Å². The zero-order valence-electron chi connectivity index (χ0n) is 9.27. The maximum Gasteiger partial charge on any atom is 0.244 e. The molecule has 0 aliphatic carbocycles. The lowest BCUT2D eigenvalue weighted by Crippen LogP contribution is -2.33. The second kappa shape index (κ2) is 5.14. The Morgan fingerprint density at radius 1 is 1.62 bits per heavy atom. The Morgan fingerprint density at radius 3 is 2.56 bits per heavy atom. The number of nitrogens with zero attached hydrogens (tertiary/aromatic N) is 1. The molecule has 1 aromatic rings. The van der Waals surface area contributed by atoms with Gasteiger partial charge in [-0.2, -0.15) is 4.31 Å². The number of thiophene rings is 1. The number of rotatable bonds is 4. The number of hydrogen-bond donors (Lipinski definition) is 1. The van der Waals surface area contributed by atoms with E-state index in [1.54, 1.807) is 19.9 Å². The number of halogens is 1. The molecule has 0 bridgehead atoms. The van der Waals surface area contributed by atoms with E-state index >= 15 is 0 Å². The molecule has 1 rings (SSSR count). The molecule has 0 amide bonds. The molecule has 4 nitrogen and oxygen atoms in total. The highest BCUT2D eigenvalue weighted by Gasteiger charge is 2.25. The monoisotopic (exact) mass is 327 g/mol. The van der Waals surface area contributed by atoms with Crippen LogP contribution in [0.5, 0.6) is 0 Å². The molecule has 16 heavy (non-hydrogen) atoms. The van der Waals surface area contributed by atoms with Gasteiger partial charge in [-0.1, -0.05) is 0 Å². The first-order valence-corrected chi connectivity index (χ1v) is 7.70. The number of aryl methyl sites for hydroxylation is 1. The van der Waals surface area contributed by atoms with Crippen LogP contribution in [-0.2, 0) is 10.0 Å². The van der Waals surface area contributed by atoms with Crippen LogP contribution in [0.2, 0.25) is 0 Å². The molecule has 1 heterocycles. The van der Waals surface area contributed by atoms with E-state index in [4.69, 9.17) is 0 Å². The van der Waals surface area contributed by atoms with E-state index in [9.17, 15) is 13.5 Å². The van der Waals surface area contributed by atoms with E-state index in [0.717, 1.165) is 8.66 Å². The van der Waals surface area contributed by atoms with Gasteiger partial charge < -0.3 is 5.11 Å². The van der Waals surface area contributed by atoms with E-state index < -0.39 is 16.1 Å². The molecule has 1 unspecified atom stereocenters. The molecule has 1 aromatic heterocycles. The summed E-state index contributed by atoms with van der Waals surface area (Å²) in [6, 6.07) is 1.59. The molecule has 1 N–H and O–H groups in total. The molecule has 0 spiro atoms. The molecule has 0 saturated carbocycles. The largest absolute Gasteiger partial charge is 0.392 e. The second-order valence-corrected chi connectivity index (χ2v) is 8.25. The summed E-state index contributed by atoms with van der Waals surface area (Å²) in [5, 5.41) is 9.19. The summed E-state index contributed by atoms with van der Waals surface area (Å²) in [7, 11) is -2.02. The second-order valence-electron chi connectivity index (χ2n) is 3.61. The lowest BCUT2D eigenvalue weighted by Gasteiger charge is -2.18. The van der Waals surface area contributed by atoms with Gasteiger partial charge in [0.1, 0.15) is 0 Å². The van der Waals surface area contributed by atoms with Gasteiger partial charge in [0.05, 0.1) is 14.8 Å². The molecule has 0 fully saturated rings. The maximum atomic E-state index is 12.1. The molecule has 92 valence electrons. The minimum Gasteiger partial charge on any atom is -0.392 e. The Kier molecular flexibility index (Phi) is 4.53. The van der Waals surface area contributed by atoms with Crippen LogP contribution in [0.1, 0.15) is 11.8 Å². The first-order valence-electron chi connectivity index (χ1n) is 4.65. The SMILES string of the molecule is Cc1sc(Br)cc1S(=O)(=O)N(C)CC(C)O. The summed E-state index contributed by atoms with van der Waals surface area (Å²) < 4.78 is 26.2. The van der Waals surface area contributed by atoms with Gasteiger partial charge in [0, 0.05) is 18.5 Å². The minimum atomic E-state index is -3.49. The predicted octanol–water partition coefficient (Wildman–Crippen LogP) is 1.82. The van der Waals surface area contributed by atoms with Crippen molar-refractivity contribution in [3.63, 3.8) is 0 Å². The predicted molar refractivity (Wildman–Crippen MR) is 68.3 cm³/mol. The average Bonchev–Trinajstić information content (AvgIpc) is 2.44. The van der Waals surface area contributed by atoms with E-state index in [1.807, 2.05) is 0 Å². The van der Waals surface area contributed by atoms with Crippen molar-refractivity contribution in [2.24, 2.45) is 0 Å². The number of aliphatic hydroxyl groups excluding tert-OH is 1. The molecule has 0 radical (unpaired) electrons. The van der Waals surface area contributed by atoms with Crippen molar-refractivity contribution in [1.29, 1.82) is 0 Å². The maximum absolute atomic E-state index is 12.1. The van der Waals surface area contributed by atoms with Gasteiger partial charge in [-0.25, -0.2) is 8.42 Å². The number of hydrogen-bond acceptors (Lipinski definition) is 4. The highest BCUT2D eigenvalue weighted by Crippen LogP contribution is 2.31. The van der Waals surface area contributed by atoms with Gasteiger partial charge in [0.2, 0.25) is 10.0 Å². The fourth-order valence-corrected chi connectivity index (χ4v) is 4.96. The van der Waals surface area contributed by atoms with Gasteiger partial charge >= 0.3 is 0 Å². The summed E-state index contributed by atoms with van der Waals surface area (Å²) in [5.41, 5.74) is 0. The van der Waals surface area contributed by atoms with Crippen LogP contribution in [0.15, 0.2) is 14.7 Å². The third-order valence-corrected chi connectivity index (χ3v) is 5.68. The zero-order valence-corrected chi connectivity index (χ0v) is 12.5. The number of sulfonamides is 1. The van der Waals surface area contributed by atoms with Crippen molar-refractivity contribution in [2.75, 3.05) is 13.6 Å². The van der Waals surface area contributed by atoms with Crippen molar-refractivity contribution in [1.82, 2.24) is 4.31 Å². The van der Waals surface area contributed by atoms with E-state index in [-0.39, 0.29) is 6.54 Å². The van der Waals surface area contributed by atoms with Gasteiger partial charge in [0.15, 0.2) is 0 Å². The fourth-order valence-electron chi connectivity index (χ4n) is 1.32. The lowest BCUT2D eigenvalue weighted by molar-refractivity contribution is 0.171. The third kappa shape index (κ3) is 3.04. The van der Waals surface area contributed by atoms with Crippen LogP contribution in [0, 0.1) is 6.92 Å². The van der Waals surface area contributed by atoms with E-state index in [0.29, 0.717) is 4.90 Å². The van der Waals surface area contributed by atoms with Gasteiger partial charge in [-0.05, 0) is 35.8 Å². The summed E-state index contributed by atoms with van der Waals surface area (Å²) in [5.74, 6) is 0. The molecule has 7 heteroatoms. The van der Waals surface area contributed by atoms with Crippen LogP contribution in [0.4, 0.5) is 0 Å². The Bertz CT molecular complexity index is 467. The normalized spacial score (nSPS) is 14.4. The Balaban J connectivity index is 3.07. The van der Waals surface area contributed by atoms with Crippen molar-refractivity contribution >= 4 is 37.3 Å². The molecule has 0 aliphatic heterocycles. The Hall–Kier alpha value is 0.0500. The average molecular weight is 328 g/mol. The quantitative estimate of drug-likeness (QED) is 0.917. The third-order valence-electron chi connectivity index (χ3n) is 2.05. The molecule has 0 aromatic carbocycles. The van der Waals surface area contributed by atoms with Crippen molar-refractivity contribution in [2.45, 2.75) is 24.8 Å². The van der Waals surface area contributed by atoms with Gasteiger partial charge in [-0.3, -0.25) is 0 Å². The Morgan fingerprint density at radius 2 is 2.19 bits per heavy atom. The molecule has 0 saturated heterocycles. The van der Waals surface area contributed by atoms with Gasteiger partial charge in [-0.15, -0.1) is 11.3 Å². The van der Waals surface area contributed by atoms with E-state index in [2.05, 4.69) is 15.9 Å². The summed E-state index contributed by atoms with van der Waals surface area (Å²) in [4.78, 5) is 1.04. The van der Waals surface area contributed by atoms with Crippen molar-refractivity contribution < 1.29 is 13.5 Å². The summed E-state index contributed by atoms with van der Waals surface area (Å²) in [6.45, 7) is 3.41. The standard InChI is InChI=1S/C9H14BrNO3S2/c1-6(12)5-11(3)16(13,14)8-4-9(10)15-7(8)2/h4,6,12H,5H2,1-3H3. The van der Waals surface area contributed by atoms with Crippen LogP contribution >= 0.6 is 27.3 Å².